The maximum absolute atomic E-state index is 10.0. The molecule has 1 aromatic rings. The van der Waals surface area contributed by atoms with E-state index in [9.17, 15) is 5.11 Å². The van der Waals surface area contributed by atoms with Crippen LogP contribution < -0.4 is 0 Å². The lowest BCUT2D eigenvalue weighted by molar-refractivity contribution is 0.147. The Morgan fingerprint density at radius 3 is 2.24 bits per heavy atom. The van der Waals surface area contributed by atoms with Crippen LogP contribution in [-0.2, 0) is 0 Å². The highest BCUT2D eigenvalue weighted by Gasteiger charge is 2.08. The Labute approximate surface area is 105 Å². The molecule has 0 spiro atoms. The highest BCUT2D eigenvalue weighted by atomic mass is 16.3. The Bertz CT molecular complexity index is 300. The maximum Gasteiger partial charge on any atom is 0.0802 e. The summed E-state index contributed by atoms with van der Waals surface area (Å²) in [5.74, 6) is 0. The van der Waals surface area contributed by atoms with Crippen LogP contribution in [0.25, 0.3) is 0 Å². The SMILES string of the molecule is CN(C)CCN(C)CCC(O)c1ccccc1. The predicted molar refractivity (Wildman–Crippen MR) is 72.1 cm³/mol. The Hall–Kier alpha value is -0.900. The molecule has 3 nitrogen and oxygen atoms in total. The number of benzene rings is 1. The van der Waals surface area contributed by atoms with Crippen molar-refractivity contribution in [2.45, 2.75) is 12.5 Å². The molecule has 0 saturated heterocycles. The monoisotopic (exact) mass is 236 g/mol. The van der Waals surface area contributed by atoms with Crippen molar-refractivity contribution in [3.05, 3.63) is 35.9 Å². The summed E-state index contributed by atoms with van der Waals surface area (Å²) in [6, 6.07) is 9.86. The van der Waals surface area contributed by atoms with E-state index in [1.807, 2.05) is 30.3 Å². The van der Waals surface area contributed by atoms with E-state index >= 15 is 0 Å². The summed E-state index contributed by atoms with van der Waals surface area (Å²) in [5, 5.41) is 10.0. The summed E-state index contributed by atoms with van der Waals surface area (Å²) in [6.45, 7) is 3.01. The number of aliphatic hydroxyl groups excluding tert-OH is 1. The zero-order valence-corrected chi connectivity index (χ0v) is 11.1. The van der Waals surface area contributed by atoms with Gasteiger partial charge in [-0.05, 0) is 33.1 Å². The molecular formula is C14H24N2O. The molecule has 1 atom stereocenters. The van der Waals surface area contributed by atoms with Crippen molar-refractivity contribution in [2.75, 3.05) is 40.8 Å². The third-order valence-electron chi connectivity index (χ3n) is 2.90. The van der Waals surface area contributed by atoms with Crippen molar-refractivity contribution in [1.82, 2.24) is 9.80 Å². The molecule has 0 radical (unpaired) electrons. The fourth-order valence-corrected chi connectivity index (χ4v) is 1.67. The average molecular weight is 236 g/mol. The molecule has 0 amide bonds. The number of hydrogen-bond acceptors (Lipinski definition) is 3. The fraction of sp³-hybridized carbons (Fsp3) is 0.571. The number of aliphatic hydroxyl groups is 1. The smallest absolute Gasteiger partial charge is 0.0802 e. The molecule has 0 aliphatic carbocycles. The maximum atomic E-state index is 10.0. The van der Waals surface area contributed by atoms with Gasteiger partial charge in [0, 0.05) is 19.6 Å². The number of likely N-dealkylation sites (N-methyl/N-ethyl adjacent to an activating group) is 2. The van der Waals surface area contributed by atoms with Crippen LogP contribution in [-0.4, -0.2) is 55.7 Å². The fourth-order valence-electron chi connectivity index (χ4n) is 1.67. The van der Waals surface area contributed by atoms with Gasteiger partial charge in [0.2, 0.25) is 0 Å². The van der Waals surface area contributed by atoms with Gasteiger partial charge in [-0.3, -0.25) is 0 Å². The van der Waals surface area contributed by atoms with E-state index in [1.54, 1.807) is 0 Å². The Morgan fingerprint density at radius 1 is 1.00 bits per heavy atom. The van der Waals surface area contributed by atoms with E-state index in [2.05, 4.69) is 30.9 Å². The lowest BCUT2D eigenvalue weighted by atomic mass is 10.1. The van der Waals surface area contributed by atoms with Crippen LogP contribution in [0.15, 0.2) is 30.3 Å². The zero-order chi connectivity index (χ0) is 12.7. The molecule has 17 heavy (non-hydrogen) atoms. The van der Waals surface area contributed by atoms with E-state index in [1.165, 1.54) is 0 Å². The molecule has 0 fully saturated rings. The van der Waals surface area contributed by atoms with Gasteiger partial charge in [0.05, 0.1) is 6.10 Å². The van der Waals surface area contributed by atoms with E-state index in [4.69, 9.17) is 0 Å². The average Bonchev–Trinajstić information content (AvgIpc) is 2.34. The van der Waals surface area contributed by atoms with Crippen molar-refractivity contribution in [1.29, 1.82) is 0 Å². The molecular weight excluding hydrogens is 212 g/mol. The third kappa shape index (κ3) is 5.82. The number of nitrogens with zero attached hydrogens (tertiary/aromatic N) is 2. The van der Waals surface area contributed by atoms with Crippen LogP contribution in [0, 0.1) is 0 Å². The highest BCUT2D eigenvalue weighted by molar-refractivity contribution is 5.17. The minimum Gasteiger partial charge on any atom is -0.388 e. The van der Waals surface area contributed by atoms with Crippen LogP contribution >= 0.6 is 0 Å². The molecule has 1 rings (SSSR count). The van der Waals surface area contributed by atoms with Crippen LogP contribution in [0.3, 0.4) is 0 Å². The van der Waals surface area contributed by atoms with Gasteiger partial charge in [0.15, 0.2) is 0 Å². The van der Waals surface area contributed by atoms with Gasteiger partial charge < -0.3 is 14.9 Å². The summed E-state index contributed by atoms with van der Waals surface area (Å²) >= 11 is 0. The normalized spacial score (nSPS) is 13.3. The van der Waals surface area contributed by atoms with E-state index < -0.39 is 0 Å². The van der Waals surface area contributed by atoms with Gasteiger partial charge in [-0.25, -0.2) is 0 Å². The summed E-state index contributed by atoms with van der Waals surface area (Å²) in [4.78, 5) is 4.43. The van der Waals surface area contributed by atoms with Gasteiger partial charge in [0.25, 0.3) is 0 Å². The highest BCUT2D eigenvalue weighted by Crippen LogP contribution is 2.15. The van der Waals surface area contributed by atoms with Gasteiger partial charge in [-0.2, -0.15) is 0 Å². The van der Waals surface area contributed by atoms with Gasteiger partial charge >= 0.3 is 0 Å². The number of rotatable bonds is 7. The van der Waals surface area contributed by atoms with Gasteiger partial charge in [0.1, 0.15) is 0 Å². The molecule has 0 aliphatic heterocycles. The Kier molecular flexibility index (Phi) is 6.19. The Balaban J connectivity index is 2.26. The molecule has 96 valence electrons. The second-order valence-electron chi connectivity index (χ2n) is 4.82. The summed E-state index contributed by atoms with van der Waals surface area (Å²) in [7, 11) is 6.25. The molecule has 0 aliphatic rings. The van der Waals surface area contributed by atoms with Crippen LogP contribution in [0.5, 0.6) is 0 Å². The molecule has 0 bridgehead atoms. The topological polar surface area (TPSA) is 26.7 Å². The second-order valence-corrected chi connectivity index (χ2v) is 4.82. The zero-order valence-electron chi connectivity index (χ0n) is 11.1. The molecule has 1 aromatic carbocycles. The first-order chi connectivity index (χ1) is 8.09. The Morgan fingerprint density at radius 2 is 1.65 bits per heavy atom. The van der Waals surface area contributed by atoms with Crippen molar-refractivity contribution >= 4 is 0 Å². The van der Waals surface area contributed by atoms with Crippen molar-refractivity contribution in [3.8, 4) is 0 Å². The first kappa shape index (κ1) is 14.2. The summed E-state index contributed by atoms with van der Waals surface area (Å²) in [5.41, 5.74) is 1.01. The lowest BCUT2D eigenvalue weighted by Gasteiger charge is -2.20. The molecule has 3 heteroatoms. The van der Waals surface area contributed by atoms with E-state index in [0.717, 1.165) is 31.6 Å². The van der Waals surface area contributed by atoms with Crippen molar-refractivity contribution in [2.24, 2.45) is 0 Å². The first-order valence-electron chi connectivity index (χ1n) is 6.16. The van der Waals surface area contributed by atoms with Crippen LogP contribution in [0.2, 0.25) is 0 Å². The lowest BCUT2D eigenvalue weighted by Crippen LogP contribution is -2.30. The summed E-state index contributed by atoms with van der Waals surface area (Å²) in [6.07, 6.45) is 0.437. The quantitative estimate of drug-likeness (QED) is 0.779. The molecule has 1 N–H and O–H groups in total. The molecule has 0 saturated carbocycles. The van der Waals surface area contributed by atoms with Crippen molar-refractivity contribution < 1.29 is 5.11 Å². The van der Waals surface area contributed by atoms with E-state index in [0.29, 0.717) is 0 Å². The second kappa shape index (κ2) is 7.43. The predicted octanol–water partition coefficient (Wildman–Crippen LogP) is 1.60. The minimum atomic E-state index is -0.349. The first-order valence-corrected chi connectivity index (χ1v) is 6.16. The standard InChI is InChI=1S/C14H24N2O/c1-15(2)11-12-16(3)10-9-14(17)13-7-5-4-6-8-13/h4-8,14,17H,9-12H2,1-3H3. The van der Waals surface area contributed by atoms with Gasteiger partial charge in [-0.1, -0.05) is 30.3 Å². The molecule has 0 heterocycles. The summed E-state index contributed by atoms with van der Waals surface area (Å²) < 4.78 is 0. The number of hydrogen-bond donors (Lipinski definition) is 1. The van der Waals surface area contributed by atoms with Crippen molar-refractivity contribution in [3.63, 3.8) is 0 Å². The van der Waals surface area contributed by atoms with E-state index in [-0.39, 0.29) is 6.10 Å². The third-order valence-corrected chi connectivity index (χ3v) is 2.90. The molecule has 1 unspecified atom stereocenters. The van der Waals surface area contributed by atoms with Crippen LogP contribution in [0.4, 0.5) is 0 Å². The van der Waals surface area contributed by atoms with Gasteiger partial charge in [-0.15, -0.1) is 0 Å². The van der Waals surface area contributed by atoms with Crippen LogP contribution in [0.1, 0.15) is 18.1 Å². The molecule has 0 aromatic heterocycles. The minimum absolute atomic E-state index is 0.349. The largest absolute Gasteiger partial charge is 0.388 e.